The second kappa shape index (κ2) is 6.64. The molecule has 0 fully saturated rings. The third kappa shape index (κ3) is 3.77. The van der Waals surface area contributed by atoms with Crippen molar-refractivity contribution >= 4 is 34.5 Å². The summed E-state index contributed by atoms with van der Waals surface area (Å²) in [6.45, 7) is 2.30. The molecule has 1 amide bonds. The van der Waals surface area contributed by atoms with E-state index in [1.54, 1.807) is 11.3 Å². The Morgan fingerprint density at radius 3 is 2.90 bits per heavy atom. The van der Waals surface area contributed by atoms with E-state index in [1.807, 2.05) is 12.3 Å². The topological polar surface area (TPSA) is 85.1 Å². The summed E-state index contributed by atoms with van der Waals surface area (Å²) < 4.78 is 0. The van der Waals surface area contributed by atoms with Crippen LogP contribution in [0.25, 0.3) is 0 Å². The number of aryl methyl sites for hydroxylation is 1. The van der Waals surface area contributed by atoms with Crippen LogP contribution in [0, 0.1) is 17.0 Å². The van der Waals surface area contributed by atoms with E-state index in [0.717, 1.165) is 10.7 Å². The van der Waals surface area contributed by atoms with E-state index in [2.05, 4.69) is 10.3 Å². The molecule has 2 rings (SSSR count). The van der Waals surface area contributed by atoms with Crippen molar-refractivity contribution in [2.45, 2.75) is 13.3 Å². The minimum atomic E-state index is -0.614. The van der Waals surface area contributed by atoms with Gasteiger partial charge in [0, 0.05) is 24.4 Å². The van der Waals surface area contributed by atoms with Crippen LogP contribution in [0.4, 0.5) is 5.69 Å². The predicted octanol–water partition coefficient (Wildman–Crippen LogP) is 2.99. The first kappa shape index (κ1) is 15.4. The van der Waals surface area contributed by atoms with Crippen molar-refractivity contribution in [3.63, 3.8) is 0 Å². The smallest absolute Gasteiger partial charge is 0.288 e. The lowest BCUT2D eigenvalue weighted by Crippen LogP contribution is -2.26. The molecule has 0 radical (unpaired) electrons. The number of halogens is 1. The number of aromatic nitrogens is 1. The Hall–Kier alpha value is -1.99. The molecule has 0 atom stereocenters. The van der Waals surface area contributed by atoms with E-state index >= 15 is 0 Å². The number of nitrogens with one attached hydrogen (secondary N) is 1. The minimum Gasteiger partial charge on any atom is -0.352 e. The van der Waals surface area contributed by atoms with E-state index in [4.69, 9.17) is 11.6 Å². The minimum absolute atomic E-state index is 0.0975. The maximum atomic E-state index is 12.0. The van der Waals surface area contributed by atoms with E-state index < -0.39 is 10.8 Å². The monoisotopic (exact) mass is 325 g/mol. The predicted molar refractivity (Wildman–Crippen MR) is 81.0 cm³/mol. The molecular formula is C13H12ClN3O3S. The number of rotatable bonds is 5. The van der Waals surface area contributed by atoms with E-state index in [-0.39, 0.29) is 16.3 Å². The molecular weight excluding hydrogens is 314 g/mol. The Kier molecular flexibility index (Phi) is 4.87. The van der Waals surface area contributed by atoms with Crippen molar-refractivity contribution in [3.05, 3.63) is 55.0 Å². The molecule has 0 bridgehead atoms. The number of nitrogens with zero attached hydrogens (tertiary/aromatic N) is 2. The second-order valence-electron chi connectivity index (χ2n) is 4.26. The van der Waals surface area contributed by atoms with Gasteiger partial charge in [-0.05, 0) is 13.0 Å². The molecule has 0 spiro atoms. The van der Waals surface area contributed by atoms with Crippen LogP contribution < -0.4 is 5.32 Å². The van der Waals surface area contributed by atoms with Crippen molar-refractivity contribution in [2.24, 2.45) is 0 Å². The van der Waals surface area contributed by atoms with Crippen molar-refractivity contribution in [3.8, 4) is 0 Å². The molecule has 6 nitrogen and oxygen atoms in total. The normalized spacial score (nSPS) is 10.4. The quantitative estimate of drug-likeness (QED) is 0.676. The van der Waals surface area contributed by atoms with Gasteiger partial charge in [-0.3, -0.25) is 14.9 Å². The zero-order valence-electron chi connectivity index (χ0n) is 11.1. The molecule has 0 aliphatic carbocycles. The molecule has 8 heteroatoms. The van der Waals surface area contributed by atoms with Gasteiger partial charge >= 0.3 is 0 Å². The SMILES string of the molecule is Cc1nc(CCNC(=O)c2cccc([N+](=O)[O-])c2Cl)cs1. The molecule has 0 aliphatic heterocycles. The van der Waals surface area contributed by atoms with Crippen molar-refractivity contribution in [1.29, 1.82) is 0 Å². The molecule has 1 N–H and O–H groups in total. The van der Waals surface area contributed by atoms with Crippen LogP contribution in [0.3, 0.4) is 0 Å². The second-order valence-corrected chi connectivity index (χ2v) is 5.70. The number of nitro groups is 1. The number of carbonyl (C=O) groups excluding carboxylic acids is 1. The Labute approximate surface area is 129 Å². The fourth-order valence-electron chi connectivity index (χ4n) is 1.76. The van der Waals surface area contributed by atoms with Gasteiger partial charge in [0.15, 0.2) is 0 Å². The molecule has 1 heterocycles. The van der Waals surface area contributed by atoms with Gasteiger partial charge in [0.1, 0.15) is 5.02 Å². The number of hydrogen-bond donors (Lipinski definition) is 1. The van der Waals surface area contributed by atoms with Gasteiger partial charge in [-0.25, -0.2) is 4.98 Å². The van der Waals surface area contributed by atoms with Gasteiger partial charge in [-0.2, -0.15) is 0 Å². The first-order valence-electron chi connectivity index (χ1n) is 6.11. The summed E-state index contributed by atoms with van der Waals surface area (Å²) in [5, 5.41) is 16.2. The average molecular weight is 326 g/mol. The van der Waals surface area contributed by atoms with Crippen LogP contribution in [0.2, 0.25) is 5.02 Å². The standard InChI is InChI=1S/C13H12ClN3O3S/c1-8-16-9(7-21-8)5-6-15-13(18)10-3-2-4-11(12(10)14)17(19)20/h2-4,7H,5-6H2,1H3,(H,15,18). The Balaban J connectivity index is 2.00. The molecule has 0 saturated carbocycles. The molecule has 21 heavy (non-hydrogen) atoms. The van der Waals surface area contributed by atoms with E-state index in [9.17, 15) is 14.9 Å². The average Bonchev–Trinajstić information content (AvgIpc) is 2.84. The lowest BCUT2D eigenvalue weighted by Gasteiger charge is -2.06. The lowest BCUT2D eigenvalue weighted by atomic mass is 10.2. The summed E-state index contributed by atoms with van der Waals surface area (Å²) in [5.74, 6) is -0.435. The van der Waals surface area contributed by atoms with E-state index in [1.165, 1.54) is 18.2 Å². The summed E-state index contributed by atoms with van der Waals surface area (Å²) in [6.07, 6.45) is 0.600. The highest BCUT2D eigenvalue weighted by Crippen LogP contribution is 2.27. The highest BCUT2D eigenvalue weighted by molar-refractivity contribution is 7.09. The van der Waals surface area contributed by atoms with Gasteiger partial charge in [0.05, 0.1) is 21.2 Å². The lowest BCUT2D eigenvalue weighted by molar-refractivity contribution is -0.384. The molecule has 0 aliphatic rings. The summed E-state index contributed by atoms with van der Waals surface area (Å²) >= 11 is 7.43. The zero-order valence-corrected chi connectivity index (χ0v) is 12.7. The highest BCUT2D eigenvalue weighted by Gasteiger charge is 2.19. The van der Waals surface area contributed by atoms with Gasteiger partial charge in [-0.15, -0.1) is 11.3 Å². The fourth-order valence-corrected chi connectivity index (χ4v) is 2.69. The maximum absolute atomic E-state index is 12.0. The highest BCUT2D eigenvalue weighted by atomic mass is 35.5. The molecule has 2 aromatic rings. The number of hydrogen-bond acceptors (Lipinski definition) is 5. The summed E-state index contributed by atoms with van der Waals surface area (Å²) in [4.78, 5) is 26.5. The number of amides is 1. The largest absolute Gasteiger partial charge is 0.352 e. The van der Waals surface area contributed by atoms with E-state index in [0.29, 0.717) is 13.0 Å². The summed E-state index contributed by atoms with van der Waals surface area (Å²) in [7, 11) is 0. The van der Waals surface area contributed by atoms with Crippen LogP contribution in [0.5, 0.6) is 0 Å². The van der Waals surface area contributed by atoms with Gasteiger partial charge in [0.2, 0.25) is 0 Å². The first-order chi connectivity index (χ1) is 9.99. The molecule has 1 aromatic carbocycles. The van der Waals surface area contributed by atoms with Crippen LogP contribution in [0.1, 0.15) is 21.1 Å². The number of nitro benzene ring substituents is 1. The van der Waals surface area contributed by atoms with Gasteiger partial charge < -0.3 is 5.32 Å². The third-order valence-electron chi connectivity index (χ3n) is 2.75. The van der Waals surface area contributed by atoms with Crippen LogP contribution in [-0.2, 0) is 6.42 Å². The first-order valence-corrected chi connectivity index (χ1v) is 7.37. The number of benzene rings is 1. The van der Waals surface area contributed by atoms with Crippen molar-refractivity contribution < 1.29 is 9.72 Å². The Morgan fingerprint density at radius 2 is 2.29 bits per heavy atom. The van der Waals surface area contributed by atoms with Crippen LogP contribution in [0.15, 0.2) is 23.6 Å². The van der Waals surface area contributed by atoms with Crippen molar-refractivity contribution in [1.82, 2.24) is 10.3 Å². The van der Waals surface area contributed by atoms with Crippen molar-refractivity contribution in [2.75, 3.05) is 6.54 Å². The van der Waals surface area contributed by atoms with Crippen LogP contribution in [-0.4, -0.2) is 22.4 Å². The number of carbonyl (C=O) groups is 1. The summed E-state index contributed by atoms with van der Waals surface area (Å²) in [5.41, 5.74) is 0.725. The van der Waals surface area contributed by atoms with Gasteiger partial charge in [0.25, 0.3) is 11.6 Å². The fraction of sp³-hybridized carbons (Fsp3) is 0.231. The molecule has 0 saturated heterocycles. The van der Waals surface area contributed by atoms with Gasteiger partial charge in [-0.1, -0.05) is 17.7 Å². The number of thiazole rings is 1. The van der Waals surface area contributed by atoms with Crippen LogP contribution >= 0.6 is 22.9 Å². The Bertz CT molecular complexity index is 687. The third-order valence-corrected chi connectivity index (χ3v) is 3.97. The molecule has 110 valence electrons. The summed E-state index contributed by atoms with van der Waals surface area (Å²) in [6, 6.07) is 4.15. The zero-order chi connectivity index (χ0) is 15.4. The Morgan fingerprint density at radius 1 is 1.52 bits per heavy atom. The molecule has 1 aromatic heterocycles. The maximum Gasteiger partial charge on any atom is 0.288 e. The molecule has 0 unspecified atom stereocenters.